The van der Waals surface area contributed by atoms with Crippen LogP contribution in [0.2, 0.25) is 0 Å². The van der Waals surface area contributed by atoms with Gasteiger partial charge < -0.3 is 44.0 Å². The number of thioether (sulfide) groups is 1. The summed E-state index contributed by atoms with van der Waals surface area (Å²) in [5, 5.41) is 16.9. The minimum absolute atomic E-state index is 0.111. The minimum Gasteiger partial charge on any atom is -0.480 e. The lowest BCUT2D eigenvalue weighted by Gasteiger charge is -2.27. The van der Waals surface area contributed by atoms with Gasteiger partial charge in [-0.1, -0.05) is 13.8 Å². The number of carboxylic acid groups (broad SMARTS) is 1. The summed E-state index contributed by atoms with van der Waals surface area (Å²) in [4.78, 5) is 64.8. The van der Waals surface area contributed by atoms with Gasteiger partial charge in [0.05, 0.1) is 6.04 Å². The summed E-state index contributed by atoms with van der Waals surface area (Å²) >= 11 is 1.53. The fourth-order valence-electron chi connectivity index (χ4n) is 3.02. The first kappa shape index (κ1) is 32.9. The third kappa shape index (κ3) is 13.7. The van der Waals surface area contributed by atoms with Gasteiger partial charge in [0.2, 0.25) is 23.6 Å². The van der Waals surface area contributed by atoms with E-state index in [2.05, 4.69) is 20.9 Å². The van der Waals surface area contributed by atoms with Crippen LogP contribution in [0.15, 0.2) is 4.99 Å². The van der Waals surface area contributed by atoms with Crippen molar-refractivity contribution in [3.8, 4) is 0 Å². The Labute approximate surface area is 215 Å². The van der Waals surface area contributed by atoms with Gasteiger partial charge in [-0.3, -0.25) is 24.2 Å². The van der Waals surface area contributed by atoms with Crippen molar-refractivity contribution >= 4 is 47.3 Å². The Hall–Kier alpha value is -3.07. The Morgan fingerprint density at radius 2 is 1.50 bits per heavy atom. The molecule has 0 radical (unpaired) electrons. The van der Waals surface area contributed by atoms with Crippen molar-refractivity contribution in [1.82, 2.24) is 16.0 Å². The molecule has 0 aliphatic carbocycles. The Balaban J connectivity index is 5.50. The molecule has 4 amide bonds. The normalized spacial score (nSPS) is 14.1. The zero-order valence-corrected chi connectivity index (χ0v) is 21.8. The molecular formula is C21H40N8O6S. The van der Waals surface area contributed by atoms with E-state index < -0.39 is 59.7 Å². The van der Waals surface area contributed by atoms with Crippen LogP contribution in [-0.4, -0.2) is 83.4 Å². The molecule has 0 heterocycles. The molecule has 0 bridgehead atoms. The molecule has 0 aromatic heterocycles. The number of rotatable bonds is 18. The van der Waals surface area contributed by atoms with E-state index in [4.69, 9.17) is 22.9 Å². The van der Waals surface area contributed by atoms with E-state index in [1.165, 1.54) is 11.8 Å². The molecule has 15 heteroatoms. The molecular weight excluding hydrogens is 492 g/mol. The molecule has 36 heavy (non-hydrogen) atoms. The largest absolute Gasteiger partial charge is 0.480 e. The average Bonchev–Trinajstić information content (AvgIpc) is 2.79. The average molecular weight is 533 g/mol. The van der Waals surface area contributed by atoms with Crippen LogP contribution in [0.5, 0.6) is 0 Å². The second-order valence-corrected chi connectivity index (χ2v) is 9.52. The van der Waals surface area contributed by atoms with Crippen LogP contribution in [0.25, 0.3) is 0 Å². The number of aliphatic imine (C=N–C) groups is 1. The van der Waals surface area contributed by atoms with Crippen molar-refractivity contribution in [2.75, 3.05) is 18.6 Å². The molecule has 206 valence electrons. The molecule has 0 saturated carbocycles. The van der Waals surface area contributed by atoms with Gasteiger partial charge in [0, 0.05) is 13.0 Å². The van der Waals surface area contributed by atoms with E-state index in [0.29, 0.717) is 18.6 Å². The lowest BCUT2D eigenvalue weighted by Crippen LogP contribution is -2.58. The van der Waals surface area contributed by atoms with E-state index >= 15 is 0 Å². The number of carbonyl (C=O) groups is 5. The van der Waals surface area contributed by atoms with Gasteiger partial charge in [-0.2, -0.15) is 11.8 Å². The molecule has 14 nitrogen and oxygen atoms in total. The molecule has 0 saturated heterocycles. The summed E-state index contributed by atoms with van der Waals surface area (Å²) in [7, 11) is 0. The topological polar surface area (TPSA) is 258 Å². The van der Waals surface area contributed by atoms with Crippen molar-refractivity contribution in [2.24, 2.45) is 33.8 Å². The zero-order chi connectivity index (χ0) is 27.8. The molecule has 4 atom stereocenters. The molecule has 0 spiro atoms. The number of carbonyl (C=O) groups excluding carboxylic acids is 4. The van der Waals surface area contributed by atoms with Crippen LogP contribution >= 0.6 is 11.8 Å². The first-order valence-electron chi connectivity index (χ1n) is 11.5. The van der Waals surface area contributed by atoms with E-state index in [9.17, 15) is 29.1 Å². The maximum atomic E-state index is 13.1. The summed E-state index contributed by atoms with van der Waals surface area (Å²) in [6.07, 6.45) is 2.36. The Morgan fingerprint density at radius 3 is 2.00 bits per heavy atom. The molecule has 12 N–H and O–H groups in total. The molecule has 0 aliphatic rings. The van der Waals surface area contributed by atoms with Crippen LogP contribution in [0.3, 0.4) is 0 Å². The molecule has 0 aromatic rings. The lowest BCUT2D eigenvalue weighted by atomic mass is 10.0. The smallest absolute Gasteiger partial charge is 0.326 e. The number of carboxylic acids is 1. The van der Waals surface area contributed by atoms with Crippen LogP contribution in [-0.2, 0) is 24.0 Å². The number of nitrogens with zero attached hydrogens (tertiary/aromatic N) is 1. The van der Waals surface area contributed by atoms with E-state index in [1.54, 1.807) is 13.8 Å². The third-order valence-electron chi connectivity index (χ3n) is 5.09. The highest BCUT2D eigenvalue weighted by atomic mass is 32.2. The first-order valence-corrected chi connectivity index (χ1v) is 12.9. The fourth-order valence-corrected chi connectivity index (χ4v) is 3.51. The van der Waals surface area contributed by atoms with Gasteiger partial charge in [0.15, 0.2) is 5.96 Å². The predicted molar refractivity (Wildman–Crippen MR) is 138 cm³/mol. The highest BCUT2D eigenvalue weighted by Gasteiger charge is 2.31. The monoisotopic (exact) mass is 532 g/mol. The highest BCUT2D eigenvalue weighted by molar-refractivity contribution is 7.98. The molecule has 0 aromatic carbocycles. The quantitative estimate of drug-likeness (QED) is 0.0526. The summed E-state index contributed by atoms with van der Waals surface area (Å²) in [6, 6.07) is -4.34. The number of hydrogen-bond donors (Lipinski definition) is 8. The Bertz CT molecular complexity index is 790. The van der Waals surface area contributed by atoms with Gasteiger partial charge in [0.25, 0.3) is 0 Å². The molecule has 4 unspecified atom stereocenters. The first-order chi connectivity index (χ1) is 16.8. The van der Waals surface area contributed by atoms with Gasteiger partial charge >= 0.3 is 5.97 Å². The van der Waals surface area contributed by atoms with Crippen molar-refractivity contribution in [3.63, 3.8) is 0 Å². The summed E-state index contributed by atoms with van der Waals surface area (Å²) < 4.78 is 0. The number of nitrogens with two attached hydrogens (primary N) is 4. The summed E-state index contributed by atoms with van der Waals surface area (Å²) in [6.45, 7) is 3.54. The second kappa shape index (κ2) is 17.4. The number of hydrogen-bond acceptors (Lipinski definition) is 8. The minimum atomic E-state index is -1.37. The highest BCUT2D eigenvalue weighted by Crippen LogP contribution is 2.08. The van der Waals surface area contributed by atoms with Gasteiger partial charge in [-0.25, -0.2) is 4.79 Å². The SMILES string of the molecule is CSCCC(N)C(=O)NC(CCCN=C(N)N)C(=O)NC(C(=O)NC(CCC(N)=O)C(=O)O)C(C)C. The van der Waals surface area contributed by atoms with Gasteiger partial charge in [-0.15, -0.1) is 0 Å². The Kier molecular flexibility index (Phi) is 15.9. The fraction of sp³-hybridized carbons (Fsp3) is 0.714. The maximum absolute atomic E-state index is 13.1. The van der Waals surface area contributed by atoms with Crippen LogP contribution in [0.4, 0.5) is 0 Å². The zero-order valence-electron chi connectivity index (χ0n) is 21.0. The van der Waals surface area contributed by atoms with Crippen LogP contribution in [0.1, 0.15) is 46.0 Å². The van der Waals surface area contributed by atoms with Crippen LogP contribution < -0.4 is 38.9 Å². The van der Waals surface area contributed by atoms with Crippen LogP contribution in [0, 0.1) is 5.92 Å². The van der Waals surface area contributed by atoms with Crippen molar-refractivity contribution < 1.29 is 29.1 Å². The van der Waals surface area contributed by atoms with Crippen molar-refractivity contribution in [1.29, 1.82) is 0 Å². The molecule has 0 rings (SSSR count). The second-order valence-electron chi connectivity index (χ2n) is 8.53. The summed E-state index contributed by atoms with van der Waals surface area (Å²) in [5.41, 5.74) is 21.6. The third-order valence-corrected chi connectivity index (χ3v) is 5.73. The number of guanidine groups is 1. The predicted octanol–water partition coefficient (Wildman–Crippen LogP) is -2.42. The van der Waals surface area contributed by atoms with Crippen molar-refractivity contribution in [2.45, 2.75) is 70.1 Å². The molecule has 0 aliphatic heterocycles. The van der Waals surface area contributed by atoms with E-state index in [-0.39, 0.29) is 31.8 Å². The number of primary amides is 1. The van der Waals surface area contributed by atoms with Gasteiger partial charge in [-0.05, 0) is 43.6 Å². The van der Waals surface area contributed by atoms with E-state index in [0.717, 1.165) is 0 Å². The maximum Gasteiger partial charge on any atom is 0.326 e. The standard InChI is InChI=1S/C21H40N8O6S/c1-11(2)16(19(33)28-14(20(34)35)6-7-15(23)30)29-18(32)13(5-4-9-26-21(24)25)27-17(31)12(22)8-10-36-3/h11-14,16H,4-10,22H2,1-3H3,(H2,23,30)(H,27,31)(H,28,33)(H,29,32)(H,34,35)(H4,24,25,26). The lowest BCUT2D eigenvalue weighted by molar-refractivity contribution is -0.143. The number of aliphatic carboxylic acids is 1. The number of amides is 4. The number of nitrogens with one attached hydrogen (secondary N) is 3. The van der Waals surface area contributed by atoms with E-state index in [1.807, 2.05) is 6.26 Å². The Morgan fingerprint density at radius 1 is 0.889 bits per heavy atom. The summed E-state index contributed by atoms with van der Waals surface area (Å²) in [5.74, 6) is -3.86. The van der Waals surface area contributed by atoms with Crippen molar-refractivity contribution in [3.05, 3.63) is 0 Å². The van der Waals surface area contributed by atoms with Gasteiger partial charge in [0.1, 0.15) is 18.1 Å². The molecule has 0 fully saturated rings.